The second kappa shape index (κ2) is 23.8. The Balaban J connectivity index is -0.0000000425. The molecule has 0 radical (unpaired) electrons. The molecule has 14 heavy (non-hydrogen) atoms. The second-order valence-electron chi connectivity index (χ2n) is 1.40. The number of halogens is 4. The van der Waals surface area contributed by atoms with Gasteiger partial charge in [0.1, 0.15) is 0 Å². The van der Waals surface area contributed by atoms with Crippen molar-refractivity contribution < 1.29 is 43.7 Å². The van der Waals surface area contributed by atoms with E-state index in [0.29, 0.717) is 5.56 Å². The molecule has 0 saturated carbocycles. The summed E-state index contributed by atoms with van der Waals surface area (Å²) >= 11 is 0. The third-order valence-electron chi connectivity index (χ3n) is 0.847. The van der Waals surface area contributed by atoms with Crippen molar-refractivity contribution in [1.29, 1.82) is 5.26 Å². The summed E-state index contributed by atoms with van der Waals surface area (Å²) in [7, 11) is 8.22. The van der Waals surface area contributed by atoms with Crippen LogP contribution in [0.25, 0.3) is 0 Å². The quantitative estimate of drug-likeness (QED) is 0.341. The van der Waals surface area contributed by atoms with E-state index in [0.717, 1.165) is 0 Å². The van der Waals surface area contributed by atoms with Gasteiger partial charge in [-0.15, -0.1) is 0 Å². The van der Waals surface area contributed by atoms with Crippen LogP contribution in [0.3, 0.4) is 0 Å². The molecule has 0 bridgehead atoms. The van der Waals surface area contributed by atoms with Crippen LogP contribution in [0.4, 0.5) is 0 Å². The standard InChI is InChI=1S/C7H4N.Cl2.2ClH.Li.Mg/c8-6-7-4-2-1-3-5-7;1-2;;;;/h2-5H;;2*1H;;/q-1;;;;+1;+2/p-2. The summed E-state index contributed by atoms with van der Waals surface area (Å²) in [4.78, 5) is 0. The van der Waals surface area contributed by atoms with Crippen molar-refractivity contribution in [2.45, 2.75) is 0 Å². The maximum Gasteiger partial charge on any atom is 2.00 e. The Kier molecular flexibility index (Phi) is 50.1. The van der Waals surface area contributed by atoms with Gasteiger partial charge in [-0.3, -0.25) is 0 Å². The monoisotopic (exact) mass is 273 g/mol. The zero-order valence-electron chi connectivity index (χ0n) is 7.48. The van der Waals surface area contributed by atoms with Gasteiger partial charge < -0.3 is 24.8 Å². The van der Waals surface area contributed by atoms with Gasteiger partial charge in [0.25, 0.3) is 0 Å². The van der Waals surface area contributed by atoms with Crippen LogP contribution in [0.15, 0.2) is 24.3 Å². The fourth-order valence-electron chi connectivity index (χ4n) is 0.461. The van der Waals surface area contributed by atoms with Crippen LogP contribution in [0.2, 0.25) is 0 Å². The van der Waals surface area contributed by atoms with Gasteiger partial charge in [-0.05, 0) is 0 Å². The summed E-state index contributed by atoms with van der Waals surface area (Å²) in [5, 5.41) is 8.27. The Bertz CT molecular complexity index is 217. The van der Waals surface area contributed by atoms with E-state index in [2.05, 4.69) is 27.8 Å². The number of hydrogen-bond donors (Lipinski definition) is 0. The molecule has 0 heterocycles. The fraction of sp³-hybridized carbons (Fsp3) is 0. The SMILES string of the molecule is ClCl.N#Cc1cc[c-]cc1.[Cl-].[Cl-].[Li+].[Mg+2]. The van der Waals surface area contributed by atoms with E-state index in [1.807, 2.05) is 6.07 Å². The number of rotatable bonds is 0. The Hall–Kier alpha value is 1.23. The Labute approximate surface area is 134 Å². The third kappa shape index (κ3) is 15.7. The number of nitriles is 1. The minimum Gasteiger partial charge on any atom is -1.00 e. The normalized spacial score (nSPS) is 4.93. The smallest absolute Gasteiger partial charge is 1.00 e. The van der Waals surface area contributed by atoms with Crippen LogP contribution in [0.1, 0.15) is 5.56 Å². The molecular weight excluding hydrogens is 271 g/mol. The van der Waals surface area contributed by atoms with E-state index >= 15 is 0 Å². The molecule has 68 valence electrons. The van der Waals surface area contributed by atoms with Crippen LogP contribution in [0.5, 0.6) is 0 Å². The first-order chi connectivity index (χ1) is 4.93. The zero-order valence-corrected chi connectivity index (χ0v) is 11.9. The van der Waals surface area contributed by atoms with E-state index < -0.39 is 0 Å². The summed E-state index contributed by atoms with van der Waals surface area (Å²) in [5.41, 5.74) is 0.684. The largest absolute Gasteiger partial charge is 2.00 e. The molecule has 1 aromatic rings. The van der Waals surface area contributed by atoms with Gasteiger partial charge in [-0.25, -0.2) is 0 Å². The minimum absolute atomic E-state index is 0. The van der Waals surface area contributed by atoms with Crippen LogP contribution in [0, 0.1) is 17.4 Å². The van der Waals surface area contributed by atoms with E-state index in [1.54, 1.807) is 24.3 Å². The van der Waals surface area contributed by atoms with Crippen molar-refractivity contribution in [2.24, 2.45) is 0 Å². The molecule has 0 aliphatic rings. The van der Waals surface area contributed by atoms with E-state index in [1.165, 1.54) is 0 Å². The average molecular weight is 275 g/mol. The molecule has 0 aromatic heterocycles. The molecule has 0 atom stereocenters. The third-order valence-corrected chi connectivity index (χ3v) is 0.847. The molecule has 1 aromatic carbocycles. The Morgan fingerprint density at radius 3 is 1.71 bits per heavy atom. The Morgan fingerprint density at radius 1 is 1.14 bits per heavy atom. The average Bonchev–Trinajstić information content (AvgIpc) is 2.10. The van der Waals surface area contributed by atoms with Gasteiger partial charge >= 0.3 is 41.9 Å². The van der Waals surface area contributed by atoms with Crippen molar-refractivity contribution in [1.82, 2.24) is 0 Å². The topological polar surface area (TPSA) is 23.8 Å². The van der Waals surface area contributed by atoms with Gasteiger partial charge in [-0.1, -0.05) is 5.56 Å². The predicted molar refractivity (Wildman–Crippen MR) is 47.5 cm³/mol. The van der Waals surface area contributed by atoms with Crippen LogP contribution in [-0.4, -0.2) is 23.1 Å². The summed E-state index contributed by atoms with van der Waals surface area (Å²) in [5.74, 6) is 0. The molecule has 0 N–H and O–H groups in total. The van der Waals surface area contributed by atoms with Crippen molar-refractivity contribution in [3.05, 3.63) is 35.9 Å². The second-order valence-corrected chi connectivity index (χ2v) is 1.40. The summed E-state index contributed by atoms with van der Waals surface area (Å²) < 4.78 is 0. The number of benzene rings is 1. The Morgan fingerprint density at radius 2 is 1.50 bits per heavy atom. The van der Waals surface area contributed by atoms with Crippen LogP contribution in [-0.2, 0) is 0 Å². The van der Waals surface area contributed by atoms with Crippen molar-refractivity contribution in [2.75, 3.05) is 0 Å². The number of hydrogen-bond acceptors (Lipinski definition) is 1. The zero-order chi connectivity index (χ0) is 7.82. The summed E-state index contributed by atoms with van der Waals surface area (Å²) in [6.45, 7) is 0. The van der Waals surface area contributed by atoms with E-state index in [-0.39, 0.29) is 66.7 Å². The molecule has 0 aliphatic carbocycles. The fourth-order valence-corrected chi connectivity index (χ4v) is 0.461. The maximum atomic E-state index is 8.27. The summed E-state index contributed by atoms with van der Waals surface area (Å²) in [6, 6.07) is 11.7. The molecule has 0 aliphatic heterocycles. The molecule has 1 rings (SSSR count). The van der Waals surface area contributed by atoms with Gasteiger partial charge in [-0.2, -0.15) is 35.6 Å². The van der Waals surface area contributed by atoms with Crippen LogP contribution >= 0.6 is 21.7 Å². The number of nitrogens with zero attached hydrogens (tertiary/aromatic N) is 1. The molecule has 0 amide bonds. The first-order valence-corrected chi connectivity index (χ1v) is 3.58. The first-order valence-electron chi connectivity index (χ1n) is 2.44. The van der Waals surface area contributed by atoms with Crippen molar-refractivity contribution in [3.8, 4) is 6.07 Å². The van der Waals surface area contributed by atoms with E-state index in [4.69, 9.17) is 5.26 Å². The van der Waals surface area contributed by atoms with Crippen molar-refractivity contribution in [3.63, 3.8) is 0 Å². The maximum absolute atomic E-state index is 8.27. The molecule has 0 fully saturated rings. The first kappa shape index (κ1) is 29.5. The van der Waals surface area contributed by atoms with Crippen molar-refractivity contribution >= 4 is 44.8 Å². The molecule has 0 unspecified atom stereocenters. The predicted octanol–water partition coefficient (Wildman–Crippen LogP) is -6.63. The molecule has 7 heteroatoms. The molecule has 0 spiro atoms. The van der Waals surface area contributed by atoms with Crippen LogP contribution < -0.4 is 43.7 Å². The molecular formula is C7H4Cl4LiMgN. The van der Waals surface area contributed by atoms with Gasteiger partial charge in [0, 0.05) is 21.7 Å². The van der Waals surface area contributed by atoms with Gasteiger partial charge in [0.15, 0.2) is 0 Å². The van der Waals surface area contributed by atoms with Gasteiger partial charge in [0.05, 0.1) is 6.07 Å². The van der Waals surface area contributed by atoms with Gasteiger partial charge in [0.2, 0.25) is 0 Å². The molecule has 1 nitrogen and oxygen atoms in total. The van der Waals surface area contributed by atoms with E-state index in [9.17, 15) is 0 Å². The minimum atomic E-state index is 0. The summed E-state index contributed by atoms with van der Waals surface area (Å²) in [6.07, 6.45) is 0. The molecule has 0 saturated heterocycles.